The number of para-hydroxylation sites is 3. The van der Waals surface area contributed by atoms with E-state index in [1.54, 1.807) is 0 Å². The highest BCUT2D eigenvalue weighted by atomic mass is 16.5. The Bertz CT molecular complexity index is 2640. The van der Waals surface area contributed by atoms with Crippen molar-refractivity contribution in [1.29, 1.82) is 0 Å². The molecule has 3 heteroatoms. The molecule has 0 atom stereocenters. The zero-order valence-electron chi connectivity index (χ0n) is 28.2. The normalized spacial score (nSPS) is 13.8. The van der Waals surface area contributed by atoms with Crippen molar-refractivity contribution in [2.45, 2.75) is 5.41 Å². The van der Waals surface area contributed by atoms with E-state index in [1.165, 1.54) is 44.5 Å². The molecule has 3 aliphatic rings. The second-order valence-corrected chi connectivity index (χ2v) is 13.6. The Labute approximate surface area is 302 Å². The number of hydrogen-bond acceptors (Lipinski definition) is 3. The van der Waals surface area contributed by atoms with E-state index in [0.717, 1.165) is 51.2 Å². The molecule has 2 aliphatic heterocycles. The molecule has 11 rings (SSSR count). The summed E-state index contributed by atoms with van der Waals surface area (Å²) < 4.78 is 12.8. The summed E-state index contributed by atoms with van der Waals surface area (Å²) in [6, 6.07) is 67.4. The fourth-order valence-corrected chi connectivity index (χ4v) is 8.76. The first-order valence-electron chi connectivity index (χ1n) is 17.8. The SMILES string of the molecule is c1ccc(C2(c3ccccc3)c3ccccc3-c3c(-c4ccc(-c5ccc6c(c5)Oc5cccc7c5N6c5ccccc5O7)cc4)cccc32)cc1. The van der Waals surface area contributed by atoms with Crippen LogP contribution in [0, 0.1) is 0 Å². The van der Waals surface area contributed by atoms with Gasteiger partial charge in [-0.1, -0.05) is 152 Å². The maximum Gasteiger partial charge on any atom is 0.155 e. The van der Waals surface area contributed by atoms with Crippen molar-refractivity contribution in [2.75, 3.05) is 4.90 Å². The number of nitrogens with zero attached hydrogens (tertiary/aromatic N) is 1. The highest BCUT2D eigenvalue weighted by molar-refractivity contribution is 5.97. The molecule has 0 N–H and O–H groups in total. The summed E-state index contributed by atoms with van der Waals surface area (Å²) >= 11 is 0. The molecule has 0 aromatic heterocycles. The number of ether oxygens (including phenoxy) is 2. The molecule has 0 radical (unpaired) electrons. The van der Waals surface area contributed by atoms with Crippen molar-refractivity contribution in [2.24, 2.45) is 0 Å². The highest BCUT2D eigenvalue weighted by Crippen LogP contribution is 2.60. The molecule has 0 spiro atoms. The second-order valence-electron chi connectivity index (χ2n) is 13.6. The Hall–Kier alpha value is -6.84. The van der Waals surface area contributed by atoms with E-state index in [2.05, 4.69) is 157 Å². The third-order valence-electron chi connectivity index (χ3n) is 10.9. The number of benzene rings is 8. The summed E-state index contributed by atoms with van der Waals surface area (Å²) in [6.45, 7) is 0. The Balaban J connectivity index is 1.02. The molecule has 244 valence electrons. The molecule has 8 aromatic rings. The van der Waals surface area contributed by atoms with E-state index >= 15 is 0 Å². The fourth-order valence-electron chi connectivity index (χ4n) is 8.76. The topological polar surface area (TPSA) is 21.7 Å². The van der Waals surface area contributed by atoms with Gasteiger partial charge in [-0.25, -0.2) is 0 Å². The lowest BCUT2D eigenvalue weighted by molar-refractivity contribution is 0.446. The lowest BCUT2D eigenvalue weighted by Crippen LogP contribution is -2.28. The van der Waals surface area contributed by atoms with Crippen molar-refractivity contribution in [3.05, 3.63) is 210 Å². The Morgan fingerprint density at radius 1 is 0.365 bits per heavy atom. The molecule has 8 aromatic carbocycles. The monoisotopic (exact) mass is 665 g/mol. The average Bonchev–Trinajstić information content (AvgIpc) is 3.52. The first kappa shape index (κ1) is 28.9. The summed E-state index contributed by atoms with van der Waals surface area (Å²) in [6.07, 6.45) is 0. The van der Waals surface area contributed by atoms with E-state index in [-0.39, 0.29) is 0 Å². The minimum Gasteiger partial charge on any atom is -0.453 e. The lowest BCUT2D eigenvalue weighted by atomic mass is 9.67. The van der Waals surface area contributed by atoms with Gasteiger partial charge in [0.2, 0.25) is 0 Å². The zero-order valence-corrected chi connectivity index (χ0v) is 28.2. The maximum absolute atomic E-state index is 6.55. The van der Waals surface area contributed by atoms with Crippen molar-refractivity contribution in [1.82, 2.24) is 0 Å². The number of anilines is 3. The maximum atomic E-state index is 6.55. The summed E-state index contributed by atoms with van der Waals surface area (Å²) in [5.74, 6) is 3.23. The Morgan fingerprint density at radius 2 is 0.904 bits per heavy atom. The van der Waals surface area contributed by atoms with Crippen LogP contribution in [0.4, 0.5) is 17.1 Å². The first-order valence-corrected chi connectivity index (χ1v) is 17.8. The predicted octanol–water partition coefficient (Wildman–Crippen LogP) is 13.1. The minimum atomic E-state index is -0.423. The van der Waals surface area contributed by atoms with Crippen molar-refractivity contribution < 1.29 is 9.47 Å². The molecule has 0 saturated heterocycles. The molecule has 0 saturated carbocycles. The van der Waals surface area contributed by atoms with Gasteiger partial charge < -0.3 is 9.47 Å². The van der Waals surface area contributed by atoms with Crippen LogP contribution in [0.25, 0.3) is 33.4 Å². The largest absolute Gasteiger partial charge is 0.453 e. The number of hydrogen-bond donors (Lipinski definition) is 0. The quantitative estimate of drug-likeness (QED) is 0.187. The van der Waals surface area contributed by atoms with E-state index < -0.39 is 5.41 Å². The third kappa shape index (κ3) is 4.02. The van der Waals surface area contributed by atoms with Crippen LogP contribution in [-0.4, -0.2) is 0 Å². The molecule has 0 amide bonds. The van der Waals surface area contributed by atoms with Gasteiger partial charge in [-0.15, -0.1) is 0 Å². The summed E-state index contributed by atoms with van der Waals surface area (Å²) in [5, 5.41) is 0. The molecule has 1 aliphatic carbocycles. The fraction of sp³-hybridized carbons (Fsp3) is 0.0204. The van der Waals surface area contributed by atoms with Gasteiger partial charge in [-0.05, 0) is 92.0 Å². The van der Waals surface area contributed by atoms with Gasteiger partial charge in [0.25, 0.3) is 0 Å². The van der Waals surface area contributed by atoms with Crippen LogP contribution in [-0.2, 0) is 5.41 Å². The van der Waals surface area contributed by atoms with Crippen LogP contribution in [0.15, 0.2) is 188 Å². The molecule has 2 heterocycles. The van der Waals surface area contributed by atoms with Gasteiger partial charge in [0.05, 0.1) is 16.8 Å². The van der Waals surface area contributed by atoms with E-state index in [9.17, 15) is 0 Å². The van der Waals surface area contributed by atoms with Gasteiger partial charge >= 0.3 is 0 Å². The van der Waals surface area contributed by atoms with E-state index in [4.69, 9.17) is 9.47 Å². The third-order valence-corrected chi connectivity index (χ3v) is 10.9. The van der Waals surface area contributed by atoms with Gasteiger partial charge in [0.15, 0.2) is 23.0 Å². The van der Waals surface area contributed by atoms with E-state index in [1.807, 2.05) is 36.4 Å². The average molecular weight is 666 g/mol. The summed E-state index contributed by atoms with van der Waals surface area (Å²) in [5.41, 5.74) is 14.9. The molecule has 52 heavy (non-hydrogen) atoms. The van der Waals surface area contributed by atoms with Crippen molar-refractivity contribution in [3.8, 4) is 56.4 Å². The molecule has 0 bridgehead atoms. The zero-order chi connectivity index (χ0) is 34.2. The number of rotatable bonds is 4. The van der Waals surface area contributed by atoms with Crippen LogP contribution in [0.1, 0.15) is 22.3 Å². The smallest absolute Gasteiger partial charge is 0.155 e. The Kier molecular flexibility index (Phi) is 6.17. The predicted molar refractivity (Wildman–Crippen MR) is 209 cm³/mol. The molecule has 0 fully saturated rings. The van der Waals surface area contributed by atoms with Gasteiger partial charge in [0.1, 0.15) is 5.69 Å². The van der Waals surface area contributed by atoms with E-state index in [0.29, 0.717) is 0 Å². The summed E-state index contributed by atoms with van der Waals surface area (Å²) in [4.78, 5) is 2.26. The molecular weight excluding hydrogens is 635 g/mol. The van der Waals surface area contributed by atoms with Gasteiger partial charge in [0, 0.05) is 0 Å². The van der Waals surface area contributed by atoms with Gasteiger partial charge in [-0.2, -0.15) is 0 Å². The van der Waals surface area contributed by atoms with Crippen LogP contribution in [0.5, 0.6) is 23.0 Å². The van der Waals surface area contributed by atoms with Crippen molar-refractivity contribution in [3.63, 3.8) is 0 Å². The minimum absolute atomic E-state index is 0.423. The highest BCUT2D eigenvalue weighted by Gasteiger charge is 2.46. The van der Waals surface area contributed by atoms with Crippen LogP contribution in [0.3, 0.4) is 0 Å². The van der Waals surface area contributed by atoms with Crippen molar-refractivity contribution >= 4 is 17.1 Å². The number of fused-ring (bicyclic) bond motifs is 7. The lowest BCUT2D eigenvalue weighted by Gasteiger charge is -2.37. The summed E-state index contributed by atoms with van der Waals surface area (Å²) in [7, 11) is 0. The second kappa shape index (κ2) is 11.1. The molecular formula is C49H31NO2. The van der Waals surface area contributed by atoms with Crippen LogP contribution >= 0.6 is 0 Å². The van der Waals surface area contributed by atoms with Crippen LogP contribution in [0.2, 0.25) is 0 Å². The Morgan fingerprint density at radius 3 is 1.67 bits per heavy atom. The standard InChI is InChI=1S/C49H31NO2/c1-3-13-35(14-4-1)49(36-15-5-2-6-16-36)39-19-8-7-17-38(39)47-37(18-11-20-40(47)49)33-27-25-32(26-28-33)34-29-30-42-46(31-34)52-45-24-12-23-44-48(45)50(42)41-21-9-10-22-43(41)51-44/h1-31H. The van der Waals surface area contributed by atoms with Crippen LogP contribution < -0.4 is 14.4 Å². The molecule has 0 unspecified atom stereocenters. The first-order chi connectivity index (χ1) is 25.8. The molecule has 3 nitrogen and oxygen atoms in total. The van der Waals surface area contributed by atoms with Gasteiger partial charge in [-0.3, -0.25) is 4.90 Å².